The molecule has 0 radical (unpaired) electrons. The van der Waals surface area contributed by atoms with Crippen molar-refractivity contribution in [2.24, 2.45) is 5.73 Å². The second-order valence-electron chi connectivity index (χ2n) is 4.48. The van der Waals surface area contributed by atoms with Crippen LogP contribution in [-0.2, 0) is 6.54 Å². The molecule has 0 bridgehead atoms. The van der Waals surface area contributed by atoms with Crippen molar-refractivity contribution in [2.75, 3.05) is 18.2 Å². The average molecular weight is 289 g/mol. The molecule has 0 aromatic heterocycles. The summed E-state index contributed by atoms with van der Waals surface area (Å²) in [5.41, 5.74) is 12.9. The minimum Gasteiger partial charge on any atom is -0.496 e. The van der Waals surface area contributed by atoms with Crippen LogP contribution in [-0.4, -0.2) is 13.0 Å². The first-order valence-electron chi connectivity index (χ1n) is 6.27. The van der Waals surface area contributed by atoms with Crippen LogP contribution in [0.5, 0.6) is 5.75 Å². The Hall–Kier alpha value is -2.76. The summed E-state index contributed by atoms with van der Waals surface area (Å²) in [6.45, 7) is 0.361. The van der Waals surface area contributed by atoms with E-state index in [2.05, 4.69) is 5.32 Å². The first kappa shape index (κ1) is 14.6. The van der Waals surface area contributed by atoms with Gasteiger partial charge in [0.15, 0.2) is 0 Å². The van der Waals surface area contributed by atoms with Crippen LogP contribution in [0, 0.1) is 5.82 Å². The molecule has 6 heteroatoms. The van der Waals surface area contributed by atoms with Gasteiger partial charge in [0.1, 0.15) is 11.6 Å². The van der Waals surface area contributed by atoms with Gasteiger partial charge in [-0.2, -0.15) is 0 Å². The fourth-order valence-electron chi connectivity index (χ4n) is 2.00. The van der Waals surface area contributed by atoms with E-state index in [9.17, 15) is 9.18 Å². The maximum Gasteiger partial charge on any atom is 0.250 e. The Morgan fingerprint density at radius 2 is 2.05 bits per heavy atom. The predicted octanol–water partition coefficient (Wildman–Crippen LogP) is 2.13. The molecule has 0 spiro atoms. The van der Waals surface area contributed by atoms with E-state index in [0.29, 0.717) is 23.7 Å². The molecule has 0 unspecified atom stereocenters. The molecule has 5 nitrogen and oxygen atoms in total. The second kappa shape index (κ2) is 6.13. The van der Waals surface area contributed by atoms with E-state index < -0.39 is 11.7 Å². The van der Waals surface area contributed by atoms with Crippen LogP contribution in [0.25, 0.3) is 0 Å². The zero-order valence-electron chi connectivity index (χ0n) is 11.5. The molecule has 0 aliphatic heterocycles. The summed E-state index contributed by atoms with van der Waals surface area (Å²) in [5, 5.41) is 3.04. The quantitative estimate of drug-likeness (QED) is 0.735. The van der Waals surface area contributed by atoms with Gasteiger partial charge in [0.05, 0.1) is 12.7 Å². The van der Waals surface area contributed by atoms with Crippen molar-refractivity contribution in [2.45, 2.75) is 6.54 Å². The summed E-state index contributed by atoms with van der Waals surface area (Å²) in [5.74, 6) is -0.549. The van der Waals surface area contributed by atoms with E-state index in [1.807, 2.05) is 0 Å². The first-order chi connectivity index (χ1) is 10.0. The molecule has 2 rings (SSSR count). The molecule has 2 aromatic rings. The number of anilines is 2. The van der Waals surface area contributed by atoms with Crippen molar-refractivity contribution in [3.05, 3.63) is 53.3 Å². The van der Waals surface area contributed by atoms with Gasteiger partial charge in [-0.3, -0.25) is 4.79 Å². The van der Waals surface area contributed by atoms with Crippen LogP contribution in [0.3, 0.4) is 0 Å². The number of hydrogen-bond acceptors (Lipinski definition) is 4. The number of amides is 1. The Bertz CT molecular complexity index is 674. The summed E-state index contributed by atoms with van der Waals surface area (Å²) >= 11 is 0. The second-order valence-corrected chi connectivity index (χ2v) is 4.48. The average Bonchev–Trinajstić information content (AvgIpc) is 2.46. The number of nitrogen functional groups attached to an aromatic ring is 1. The number of carbonyl (C=O) groups is 1. The van der Waals surface area contributed by atoms with E-state index in [0.717, 1.165) is 11.6 Å². The monoisotopic (exact) mass is 289 g/mol. The molecule has 0 fully saturated rings. The molecule has 2 aromatic carbocycles. The van der Waals surface area contributed by atoms with E-state index in [1.54, 1.807) is 25.3 Å². The lowest BCUT2D eigenvalue weighted by molar-refractivity contribution is 0.100. The Morgan fingerprint density at radius 3 is 2.71 bits per heavy atom. The van der Waals surface area contributed by atoms with Crippen LogP contribution in [0.2, 0.25) is 0 Å². The first-order valence-corrected chi connectivity index (χ1v) is 6.27. The highest BCUT2D eigenvalue weighted by Gasteiger charge is 2.10. The Labute approximate surface area is 121 Å². The van der Waals surface area contributed by atoms with Crippen LogP contribution >= 0.6 is 0 Å². The lowest BCUT2D eigenvalue weighted by Crippen LogP contribution is -2.15. The number of benzene rings is 2. The number of methoxy groups -OCH3 is 1. The van der Waals surface area contributed by atoms with Gasteiger partial charge in [-0.15, -0.1) is 0 Å². The molecule has 0 saturated heterocycles. The van der Waals surface area contributed by atoms with Gasteiger partial charge in [0, 0.05) is 23.5 Å². The third kappa shape index (κ3) is 3.42. The molecule has 0 saturated carbocycles. The predicted molar refractivity (Wildman–Crippen MR) is 79.7 cm³/mol. The lowest BCUT2D eigenvalue weighted by atomic mass is 10.1. The third-order valence-electron chi connectivity index (χ3n) is 3.02. The fraction of sp³-hybridized carbons (Fsp3) is 0.133. The van der Waals surface area contributed by atoms with Gasteiger partial charge in [0.2, 0.25) is 0 Å². The highest BCUT2D eigenvalue weighted by Crippen LogP contribution is 2.23. The number of ether oxygens (including phenoxy) is 1. The number of nitrogens with one attached hydrogen (secondary N) is 1. The van der Waals surface area contributed by atoms with Crippen LogP contribution < -0.4 is 21.5 Å². The lowest BCUT2D eigenvalue weighted by Gasteiger charge is -2.13. The minimum absolute atomic E-state index is 0.0952. The van der Waals surface area contributed by atoms with Gasteiger partial charge < -0.3 is 21.5 Å². The Kier molecular flexibility index (Phi) is 4.27. The summed E-state index contributed by atoms with van der Waals surface area (Å²) < 4.78 is 18.4. The van der Waals surface area contributed by atoms with Crippen molar-refractivity contribution < 1.29 is 13.9 Å². The van der Waals surface area contributed by atoms with Gasteiger partial charge in [-0.05, 0) is 36.4 Å². The van der Waals surface area contributed by atoms with E-state index >= 15 is 0 Å². The fourth-order valence-corrected chi connectivity index (χ4v) is 2.00. The van der Waals surface area contributed by atoms with Crippen molar-refractivity contribution in [3.8, 4) is 5.75 Å². The van der Waals surface area contributed by atoms with Gasteiger partial charge in [-0.1, -0.05) is 0 Å². The Balaban J connectivity index is 2.24. The van der Waals surface area contributed by atoms with E-state index in [1.165, 1.54) is 12.1 Å². The van der Waals surface area contributed by atoms with E-state index in [-0.39, 0.29) is 5.56 Å². The highest BCUT2D eigenvalue weighted by atomic mass is 19.1. The number of primary amides is 1. The molecule has 5 N–H and O–H groups in total. The number of hydrogen-bond donors (Lipinski definition) is 3. The molecule has 110 valence electrons. The highest BCUT2D eigenvalue weighted by molar-refractivity contribution is 5.98. The van der Waals surface area contributed by atoms with Crippen molar-refractivity contribution in [1.29, 1.82) is 0 Å². The number of rotatable bonds is 5. The topological polar surface area (TPSA) is 90.4 Å². The smallest absolute Gasteiger partial charge is 0.250 e. The van der Waals surface area contributed by atoms with Crippen molar-refractivity contribution in [1.82, 2.24) is 0 Å². The van der Waals surface area contributed by atoms with Crippen LogP contribution in [0.1, 0.15) is 15.9 Å². The normalized spacial score (nSPS) is 10.2. The SMILES string of the molecule is COc1ccc(N)cc1CNc1ccc(F)cc1C(N)=O. The van der Waals surface area contributed by atoms with E-state index in [4.69, 9.17) is 16.2 Å². The zero-order valence-corrected chi connectivity index (χ0v) is 11.5. The van der Waals surface area contributed by atoms with Crippen molar-refractivity contribution in [3.63, 3.8) is 0 Å². The maximum atomic E-state index is 13.2. The summed E-state index contributed by atoms with van der Waals surface area (Å²) in [6, 6.07) is 9.07. The summed E-state index contributed by atoms with van der Waals surface area (Å²) in [4.78, 5) is 11.3. The third-order valence-corrected chi connectivity index (χ3v) is 3.02. The molecule has 0 aliphatic carbocycles. The van der Waals surface area contributed by atoms with Crippen LogP contribution in [0.15, 0.2) is 36.4 Å². The molecular weight excluding hydrogens is 273 g/mol. The van der Waals surface area contributed by atoms with Crippen LogP contribution in [0.4, 0.5) is 15.8 Å². The van der Waals surface area contributed by atoms with Gasteiger partial charge in [-0.25, -0.2) is 4.39 Å². The maximum absolute atomic E-state index is 13.2. The van der Waals surface area contributed by atoms with Gasteiger partial charge in [0.25, 0.3) is 5.91 Å². The molecular formula is C15H16FN3O2. The Morgan fingerprint density at radius 1 is 1.29 bits per heavy atom. The largest absolute Gasteiger partial charge is 0.496 e. The van der Waals surface area contributed by atoms with Gasteiger partial charge >= 0.3 is 0 Å². The molecule has 1 amide bonds. The zero-order chi connectivity index (χ0) is 15.4. The number of nitrogens with two attached hydrogens (primary N) is 2. The molecule has 0 aliphatic rings. The molecule has 0 atom stereocenters. The molecule has 0 heterocycles. The summed E-state index contributed by atoms with van der Waals surface area (Å²) in [7, 11) is 1.56. The minimum atomic E-state index is -0.698. The summed E-state index contributed by atoms with van der Waals surface area (Å²) in [6.07, 6.45) is 0. The van der Waals surface area contributed by atoms with Crippen molar-refractivity contribution >= 4 is 17.3 Å². The molecule has 21 heavy (non-hydrogen) atoms. The standard InChI is InChI=1S/C15H16FN3O2/c1-21-14-5-3-11(17)6-9(14)8-19-13-4-2-10(16)7-12(13)15(18)20/h2-7,19H,8,17H2,1H3,(H2,18,20). The number of halogens is 1. The number of carbonyl (C=O) groups excluding carboxylic acids is 1.